The van der Waals surface area contributed by atoms with E-state index in [1.165, 1.54) is 6.07 Å². The van der Waals surface area contributed by atoms with E-state index in [9.17, 15) is 23.4 Å². The van der Waals surface area contributed by atoms with E-state index < -0.39 is 22.2 Å². The van der Waals surface area contributed by atoms with Gasteiger partial charge >= 0.3 is 10.2 Å². The highest BCUT2D eigenvalue weighted by Crippen LogP contribution is 2.36. The molecule has 0 radical (unpaired) electrons. The number of benzene rings is 1. The quantitative estimate of drug-likeness (QED) is 0.643. The van der Waals surface area contributed by atoms with Crippen LogP contribution in [0.1, 0.15) is 17.5 Å². The first-order chi connectivity index (χ1) is 9.37. The number of nitrogens with one attached hydrogen (secondary N) is 1. The normalized spacial score (nSPS) is 24.4. The summed E-state index contributed by atoms with van der Waals surface area (Å²) in [5.74, 6) is -0.838. The van der Waals surface area contributed by atoms with Crippen LogP contribution in [0.15, 0.2) is 12.1 Å². The van der Waals surface area contributed by atoms with Gasteiger partial charge in [-0.2, -0.15) is 8.42 Å². The molecule has 1 amide bonds. The molecule has 8 heteroatoms. The van der Waals surface area contributed by atoms with E-state index >= 15 is 0 Å². The lowest BCUT2D eigenvalue weighted by Crippen LogP contribution is -2.30. The monoisotopic (exact) mass is 298 g/mol. The first-order valence-corrected chi connectivity index (χ1v) is 7.67. The number of phenolic OH excluding ortho intramolecular Hbond substituents is 1. The van der Waals surface area contributed by atoms with E-state index in [-0.39, 0.29) is 18.0 Å². The lowest BCUT2D eigenvalue weighted by molar-refractivity contribution is -0.117. The molecular formula is C12H14N2O5S. The topological polar surface area (TPSA) is 107 Å². The van der Waals surface area contributed by atoms with Crippen LogP contribution < -0.4 is 9.03 Å². The number of hydrogen-bond acceptors (Lipinski definition) is 5. The lowest BCUT2D eigenvalue weighted by Gasteiger charge is -2.24. The van der Waals surface area contributed by atoms with E-state index in [2.05, 4.69) is 0 Å². The maximum atomic E-state index is 11.8. The second kappa shape index (κ2) is 4.35. The minimum absolute atomic E-state index is 0.0958. The molecule has 108 valence electrons. The Labute approximate surface area is 116 Å². The molecule has 1 heterocycles. The maximum Gasteiger partial charge on any atom is 0.326 e. The van der Waals surface area contributed by atoms with Gasteiger partial charge < -0.3 is 10.2 Å². The Kier molecular flexibility index (Phi) is 2.87. The van der Waals surface area contributed by atoms with Gasteiger partial charge in [0, 0.05) is 0 Å². The van der Waals surface area contributed by atoms with Crippen molar-refractivity contribution in [2.75, 3.05) is 10.8 Å². The third kappa shape index (κ3) is 2.10. The van der Waals surface area contributed by atoms with Crippen molar-refractivity contribution in [2.45, 2.75) is 25.4 Å². The first kappa shape index (κ1) is 13.2. The smallest absolute Gasteiger partial charge is 0.326 e. The summed E-state index contributed by atoms with van der Waals surface area (Å²) in [7, 11) is -3.92. The number of phenols is 1. The summed E-state index contributed by atoms with van der Waals surface area (Å²) in [6.07, 6.45) is 1.21. The van der Waals surface area contributed by atoms with E-state index in [4.69, 9.17) is 0 Å². The maximum absolute atomic E-state index is 11.8. The van der Waals surface area contributed by atoms with Gasteiger partial charge in [0.2, 0.25) is 0 Å². The fourth-order valence-electron chi connectivity index (χ4n) is 2.63. The predicted molar refractivity (Wildman–Crippen MR) is 70.5 cm³/mol. The van der Waals surface area contributed by atoms with Gasteiger partial charge in [0.25, 0.3) is 5.91 Å². The number of aliphatic hydroxyl groups is 1. The molecule has 1 aliphatic heterocycles. The Morgan fingerprint density at radius 2 is 2.05 bits per heavy atom. The Balaban J connectivity index is 2.05. The summed E-state index contributed by atoms with van der Waals surface area (Å²) in [4.78, 5) is 11.2. The standard InChI is InChI=1S/C12H14N2O5S/c15-9-2-1-7-4-10(11(16)5-8(7)3-9)14-6-12(17)13-20(14,18)19/h4-5,9,15-16H,1-3,6H2,(H,13,17). The van der Waals surface area contributed by atoms with Crippen molar-refractivity contribution in [3.8, 4) is 5.75 Å². The summed E-state index contributed by atoms with van der Waals surface area (Å²) in [6.45, 7) is -0.336. The summed E-state index contributed by atoms with van der Waals surface area (Å²) < 4.78 is 26.3. The number of carbonyl (C=O) groups is 1. The summed E-state index contributed by atoms with van der Waals surface area (Å²) in [6, 6.07) is 3.04. The number of hydrogen-bond donors (Lipinski definition) is 3. The van der Waals surface area contributed by atoms with Crippen molar-refractivity contribution in [3.05, 3.63) is 23.3 Å². The predicted octanol–water partition coefficient (Wildman–Crippen LogP) is -0.577. The molecule has 1 unspecified atom stereocenters. The van der Waals surface area contributed by atoms with Crippen LogP contribution in [0.3, 0.4) is 0 Å². The van der Waals surface area contributed by atoms with E-state index in [0.29, 0.717) is 19.3 Å². The average molecular weight is 298 g/mol. The second-order valence-corrected chi connectivity index (χ2v) is 6.64. The Hall–Kier alpha value is -1.80. The van der Waals surface area contributed by atoms with Crippen LogP contribution in [0, 0.1) is 0 Å². The molecule has 1 aromatic rings. The minimum atomic E-state index is -3.92. The van der Waals surface area contributed by atoms with Gasteiger partial charge in [0.1, 0.15) is 12.3 Å². The van der Waals surface area contributed by atoms with Crippen LogP contribution in [0.5, 0.6) is 5.75 Å². The van der Waals surface area contributed by atoms with Gasteiger partial charge in [0.05, 0.1) is 11.8 Å². The number of nitrogens with zero attached hydrogens (tertiary/aromatic N) is 1. The van der Waals surface area contributed by atoms with Gasteiger partial charge in [-0.1, -0.05) is 0 Å². The lowest BCUT2D eigenvalue weighted by atomic mass is 9.89. The van der Waals surface area contributed by atoms with Crippen LogP contribution >= 0.6 is 0 Å². The Morgan fingerprint density at radius 1 is 1.30 bits per heavy atom. The zero-order valence-corrected chi connectivity index (χ0v) is 11.4. The van der Waals surface area contributed by atoms with Crippen molar-refractivity contribution in [2.24, 2.45) is 0 Å². The van der Waals surface area contributed by atoms with Crippen molar-refractivity contribution in [1.82, 2.24) is 4.72 Å². The van der Waals surface area contributed by atoms with Crippen molar-refractivity contribution in [1.29, 1.82) is 0 Å². The molecule has 1 fully saturated rings. The van der Waals surface area contributed by atoms with Crippen molar-refractivity contribution in [3.63, 3.8) is 0 Å². The van der Waals surface area contributed by atoms with Crippen LogP contribution in [-0.4, -0.2) is 37.2 Å². The van der Waals surface area contributed by atoms with Gasteiger partial charge in [-0.15, -0.1) is 0 Å². The third-order valence-corrected chi connectivity index (χ3v) is 4.98. The molecule has 1 aromatic carbocycles. The molecule has 0 saturated carbocycles. The molecule has 0 aromatic heterocycles. The van der Waals surface area contributed by atoms with E-state index in [0.717, 1.165) is 15.4 Å². The van der Waals surface area contributed by atoms with Crippen LogP contribution in [-0.2, 0) is 27.8 Å². The number of fused-ring (bicyclic) bond motifs is 1. The number of anilines is 1. The second-order valence-electron chi connectivity index (χ2n) is 5.04. The first-order valence-electron chi connectivity index (χ1n) is 6.23. The highest BCUT2D eigenvalue weighted by molar-refractivity contribution is 7.92. The van der Waals surface area contributed by atoms with Crippen LogP contribution in [0.4, 0.5) is 5.69 Å². The number of carbonyl (C=O) groups excluding carboxylic acids is 1. The van der Waals surface area contributed by atoms with E-state index in [1.807, 2.05) is 4.72 Å². The molecule has 1 saturated heterocycles. The molecule has 2 aliphatic rings. The SMILES string of the molecule is O=C1CN(c2cc3c(cc2O)CC(O)CC3)S(=O)(=O)N1. The van der Waals surface area contributed by atoms with Crippen molar-refractivity contribution >= 4 is 21.8 Å². The van der Waals surface area contributed by atoms with Gasteiger partial charge in [-0.3, -0.25) is 4.79 Å². The number of amides is 1. The number of aliphatic hydroxyl groups excluding tert-OH is 1. The molecule has 7 nitrogen and oxygen atoms in total. The largest absolute Gasteiger partial charge is 0.506 e. The Morgan fingerprint density at radius 3 is 2.70 bits per heavy atom. The fraction of sp³-hybridized carbons (Fsp3) is 0.417. The summed E-state index contributed by atoms with van der Waals surface area (Å²) >= 11 is 0. The molecule has 20 heavy (non-hydrogen) atoms. The Bertz CT molecular complexity index is 685. The zero-order chi connectivity index (χ0) is 14.5. The number of rotatable bonds is 1. The van der Waals surface area contributed by atoms with Gasteiger partial charge in [0.15, 0.2) is 0 Å². The van der Waals surface area contributed by atoms with Crippen LogP contribution in [0.25, 0.3) is 0 Å². The molecule has 3 rings (SSSR count). The average Bonchev–Trinajstić information content (AvgIpc) is 2.61. The summed E-state index contributed by atoms with van der Waals surface area (Å²) in [5.41, 5.74) is 1.79. The molecule has 3 N–H and O–H groups in total. The molecule has 1 aliphatic carbocycles. The fourth-order valence-corrected chi connectivity index (χ4v) is 3.78. The van der Waals surface area contributed by atoms with Crippen molar-refractivity contribution < 1.29 is 23.4 Å². The van der Waals surface area contributed by atoms with Crippen LogP contribution in [0.2, 0.25) is 0 Å². The highest BCUT2D eigenvalue weighted by atomic mass is 32.2. The number of aromatic hydroxyl groups is 1. The minimum Gasteiger partial charge on any atom is -0.506 e. The number of aryl methyl sites for hydroxylation is 1. The zero-order valence-electron chi connectivity index (χ0n) is 10.5. The van der Waals surface area contributed by atoms with Gasteiger partial charge in [-0.25, -0.2) is 9.03 Å². The molecular weight excluding hydrogens is 284 g/mol. The van der Waals surface area contributed by atoms with E-state index in [1.54, 1.807) is 6.07 Å². The highest BCUT2D eigenvalue weighted by Gasteiger charge is 2.36. The van der Waals surface area contributed by atoms with Gasteiger partial charge in [-0.05, 0) is 42.5 Å². The third-order valence-electron chi connectivity index (χ3n) is 3.59. The molecule has 0 bridgehead atoms. The molecule has 0 spiro atoms. The summed E-state index contributed by atoms with van der Waals surface area (Å²) in [5, 5.41) is 19.6. The molecule has 1 atom stereocenters.